The molecular weight excluding hydrogens is 268 g/mol. The highest BCUT2D eigenvalue weighted by Crippen LogP contribution is 2.20. The Kier molecular flexibility index (Phi) is 5.34. The Morgan fingerprint density at radius 3 is 2.74 bits per heavy atom. The molecular formula is C13H13ClN2O3. The molecule has 1 aromatic carbocycles. The van der Waals surface area contributed by atoms with Crippen LogP contribution in [-0.4, -0.2) is 17.0 Å². The normalized spacial score (nSPS) is 11.4. The Bertz CT molecular complexity index is 537. The standard InChI is InChI=1S/C13H13ClN2O3/c1-8(13(18)19)2-5-12(17)16-10-4-3-9(7-15)11(14)6-10/h3-4,6,8H,2,5H2,1H3,(H,16,17)(H,18,19). The van der Waals surface area contributed by atoms with Crippen LogP contribution >= 0.6 is 11.6 Å². The molecule has 1 amide bonds. The largest absolute Gasteiger partial charge is 0.481 e. The van der Waals surface area contributed by atoms with Crippen molar-refractivity contribution in [2.24, 2.45) is 5.92 Å². The van der Waals surface area contributed by atoms with E-state index in [0.29, 0.717) is 11.3 Å². The highest BCUT2D eigenvalue weighted by molar-refractivity contribution is 6.32. The number of anilines is 1. The van der Waals surface area contributed by atoms with Gasteiger partial charge in [0.15, 0.2) is 0 Å². The van der Waals surface area contributed by atoms with E-state index in [0.717, 1.165) is 0 Å². The SMILES string of the molecule is CC(CCC(=O)Nc1ccc(C#N)c(Cl)c1)C(=O)O. The van der Waals surface area contributed by atoms with E-state index >= 15 is 0 Å². The summed E-state index contributed by atoms with van der Waals surface area (Å²) in [5.41, 5.74) is 0.816. The minimum absolute atomic E-state index is 0.116. The highest BCUT2D eigenvalue weighted by atomic mass is 35.5. The van der Waals surface area contributed by atoms with E-state index in [9.17, 15) is 9.59 Å². The second kappa shape index (κ2) is 6.76. The zero-order valence-electron chi connectivity index (χ0n) is 10.3. The van der Waals surface area contributed by atoms with Crippen molar-refractivity contribution in [3.05, 3.63) is 28.8 Å². The van der Waals surface area contributed by atoms with Crippen molar-refractivity contribution >= 4 is 29.2 Å². The summed E-state index contributed by atoms with van der Waals surface area (Å²) in [6.07, 6.45) is 0.385. The highest BCUT2D eigenvalue weighted by Gasteiger charge is 2.13. The number of carboxylic acid groups (broad SMARTS) is 1. The Morgan fingerprint density at radius 2 is 2.21 bits per heavy atom. The summed E-state index contributed by atoms with van der Waals surface area (Å²) in [7, 11) is 0. The Morgan fingerprint density at radius 1 is 1.53 bits per heavy atom. The summed E-state index contributed by atoms with van der Waals surface area (Å²) in [5.74, 6) is -1.77. The monoisotopic (exact) mass is 280 g/mol. The average molecular weight is 281 g/mol. The van der Waals surface area contributed by atoms with Crippen molar-refractivity contribution in [3.63, 3.8) is 0 Å². The van der Waals surface area contributed by atoms with Crippen LogP contribution in [0, 0.1) is 17.2 Å². The van der Waals surface area contributed by atoms with Gasteiger partial charge in [-0.2, -0.15) is 5.26 Å². The van der Waals surface area contributed by atoms with E-state index in [4.69, 9.17) is 22.0 Å². The Labute approximate surface area is 115 Å². The first-order valence-electron chi connectivity index (χ1n) is 5.66. The number of nitrogens with zero attached hydrogens (tertiary/aromatic N) is 1. The summed E-state index contributed by atoms with van der Waals surface area (Å²) < 4.78 is 0. The third-order valence-corrected chi connectivity index (χ3v) is 2.91. The van der Waals surface area contributed by atoms with Gasteiger partial charge in [0.25, 0.3) is 0 Å². The molecule has 100 valence electrons. The topological polar surface area (TPSA) is 90.2 Å². The van der Waals surface area contributed by atoms with Crippen LogP contribution in [0.1, 0.15) is 25.3 Å². The van der Waals surface area contributed by atoms with Crippen LogP contribution in [0.5, 0.6) is 0 Å². The van der Waals surface area contributed by atoms with Crippen LogP contribution in [0.25, 0.3) is 0 Å². The second-order valence-corrected chi connectivity index (χ2v) is 4.54. The molecule has 0 aliphatic heterocycles. The number of nitrogens with one attached hydrogen (secondary N) is 1. The van der Waals surface area contributed by atoms with Crippen molar-refractivity contribution in [2.75, 3.05) is 5.32 Å². The van der Waals surface area contributed by atoms with Gasteiger partial charge in [0.1, 0.15) is 6.07 Å². The fraction of sp³-hybridized carbons (Fsp3) is 0.308. The van der Waals surface area contributed by atoms with E-state index in [2.05, 4.69) is 5.32 Å². The first kappa shape index (κ1) is 15.0. The predicted octanol–water partition coefficient (Wildman–Crippen LogP) is 2.65. The van der Waals surface area contributed by atoms with Crippen LogP contribution in [0.4, 0.5) is 5.69 Å². The number of amides is 1. The minimum Gasteiger partial charge on any atom is -0.481 e. The number of carbonyl (C=O) groups is 2. The van der Waals surface area contributed by atoms with Crippen LogP contribution < -0.4 is 5.32 Å². The van der Waals surface area contributed by atoms with Gasteiger partial charge in [0, 0.05) is 12.1 Å². The zero-order chi connectivity index (χ0) is 14.4. The first-order chi connectivity index (χ1) is 8.93. The second-order valence-electron chi connectivity index (χ2n) is 4.13. The summed E-state index contributed by atoms with van der Waals surface area (Å²) in [6.45, 7) is 1.55. The van der Waals surface area contributed by atoms with E-state index in [-0.39, 0.29) is 23.8 Å². The maximum Gasteiger partial charge on any atom is 0.306 e. The van der Waals surface area contributed by atoms with E-state index in [1.165, 1.54) is 12.1 Å². The Hall–Kier alpha value is -2.06. The predicted molar refractivity (Wildman–Crippen MR) is 70.8 cm³/mol. The molecule has 0 aliphatic rings. The molecule has 5 nitrogen and oxygen atoms in total. The van der Waals surface area contributed by atoms with Crippen molar-refractivity contribution in [2.45, 2.75) is 19.8 Å². The van der Waals surface area contributed by atoms with Crippen molar-refractivity contribution in [3.8, 4) is 6.07 Å². The van der Waals surface area contributed by atoms with E-state index in [1.807, 2.05) is 6.07 Å². The van der Waals surface area contributed by atoms with Crippen LogP contribution in [0.15, 0.2) is 18.2 Å². The van der Waals surface area contributed by atoms with E-state index < -0.39 is 11.9 Å². The van der Waals surface area contributed by atoms with Gasteiger partial charge in [0.2, 0.25) is 5.91 Å². The molecule has 0 fully saturated rings. The molecule has 2 N–H and O–H groups in total. The van der Waals surface area contributed by atoms with Gasteiger partial charge in [-0.15, -0.1) is 0 Å². The summed E-state index contributed by atoms with van der Waals surface area (Å²) in [6, 6.07) is 6.49. The van der Waals surface area contributed by atoms with Crippen molar-refractivity contribution in [1.29, 1.82) is 5.26 Å². The quantitative estimate of drug-likeness (QED) is 0.867. The molecule has 1 rings (SSSR count). The average Bonchev–Trinajstić information content (AvgIpc) is 2.36. The smallest absolute Gasteiger partial charge is 0.306 e. The molecule has 0 aliphatic carbocycles. The van der Waals surface area contributed by atoms with Gasteiger partial charge < -0.3 is 10.4 Å². The summed E-state index contributed by atoms with van der Waals surface area (Å²) in [4.78, 5) is 22.2. The van der Waals surface area contributed by atoms with Crippen molar-refractivity contribution < 1.29 is 14.7 Å². The van der Waals surface area contributed by atoms with Gasteiger partial charge >= 0.3 is 5.97 Å². The lowest BCUT2D eigenvalue weighted by Gasteiger charge is -2.08. The number of halogens is 1. The maximum atomic E-state index is 11.6. The minimum atomic E-state index is -0.922. The Balaban J connectivity index is 2.56. The molecule has 0 saturated carbocycles. The fourth-order valence-electron chi connectivity index (χ4n) is 1.38. The summed E-state index contributed by atoms with van der Waals surface area (Å²) >= 11 is 5.83. The van der Waals surface area contributed by atoms with Gasteiger partial charge in [-0.25, -0.2) is 0 Å². The lowest BCUT2D eigenvalue weighted by Crippen LogP contribution is -2.16. The number of carboxylic acids is 1. The fourth-order valence-corrected chi connectivity index (χ4v) is 1.60. The van der Waals surface area contributed by atoms with Crippen molar-refractivity contribution in [1.82, 2.24) is 0 Å². The van der Waals surface area contributed by atoms with Crippen LogP contribution in [-0.2, 0) is 9.59 Å². The molecule has 6 heteroatoms. The molecule has 1 aromatic rings. The summed E-state index contributed by atoms with van der Waals surface area (Å²) in [5, 5.41) is 20.3. The first-order valence-corrected chi connectivity index (χ1v) is 6.04. The third-order valence-electron chi connectivity index (χ3n) is 2.60. The van der Waals surface area contributed by atoms with Gasteiger partial charge in [-0.3, -0.25) is 9.59 Å². The van der Waals surface area contributed by atoms with E-state index in [1.54, 1.807) is 13.0 Å². The molecule has 0 bridgehead atoms. The van der Waals surface area contributed by atoms with Gasteiger partial charge in [0.05, 0.1) is 16.5 Å². The molecule has 1 atom stereocenters. The molecule has 1 unspecified atom stereocenters. The molecule has 0 radical (unpaired) electrons. The van der Waals surface area contributed by atoms with Gasteiger partial charge in [-0.05, 0) is 24.6 Å². The molecule has 0 spiro atoms. The van der Waals surface area contributed by atoms with Crippen LogP contribution in [0.3, 0.4) is 0 Å². The number of benzene rings is 1. The van der Waals surface area contributed by atoms with Gasteiger partial charge in [-0.1, -0.05) is 18.5 Å². The van der Waals surface area contributed by atoms with Crippen LogP contribution in [0.2, 0.25) is 5.02 Å². The lowest BCUT2D eigenvalue weighted by molar-refractivity contribution is -0.141. The number of rotatable bonds is 5. The third kappa shape index (κ3) is 4.60. The molecule has 0 heterocycles. The maximum absolute atomic E-state index is 11.6. The number of hydrogen-bond donors (Lipinski definition) is 2. The number of aliphatic carboxylic acids is 1. The number of nitriles is 1. The lowest BCUT2D eigenvalue weighted by atomic mass is 10.1. The number of carbonyl (C=O) groups excluding carboxylic acids is 1. The zero-order valence-corrected chi connectivity index (χ0v) is 11.1. The molecule has 0 saturated heterocycles. The number of hydrogen-bond acceptors (Lipinski definition) is 3. The molecule has 0 aromatic heterocycles. The molecule has 19 heavy (non-hydrogen) atoms.